The summed E-state index contributed by atoms with van der Waals surface area (Å²) in [5.74, 6) is -0.0529. The summed E-state index contributed by atoms with van der Waals surface area (Å²) in [6.07, 6.45) is 7.26. The SMILES string of the molecule is Nc1cccc(/C=C/C(=O)NC2CCC(N)CC2)c1. The number of carbonyl (C=O) groups is 1. The maximum absolute atomic E-state index is 11.8. The van der Waals surface area contributed by atoms with Crippen LogP contribution in [0.4, 0.5) is 5.69 Å². The molecule has 1 aliphatic rings. The van der Waals surface area contributed by atoms with Crippen molar-refractivity contribution in [2.75, 3.05) is 5.73 Å². The van der Waals surface area contributed by atoms with Gasteiger partial charge in [0, 0.05) is 23.8 Å². The number of rotatable bonds is 3. The van der Waals surface area contributed by atoms with Gasteiger partial charge in [0.2, 0.25) is 5.91 Å². The zero-order valence-electron chi connectivity index (χ0n) is 11.0. The highest BCUT2D eigenvalue weighted by molar-refractivity contribution is 5.92. The van der Waals surface area contributed by atoms with Crippen molar-refractivity contribution in [3.63, 3.8) is 0 Å². The highest BCUT2D eigenvalue weighted by Gasteiger charge is 2.18. The molecule has 4 nitrogen and oxygen atoms in total. The normalized spacial score (nSPS) is 23.4. The van der Waals surface area contributed by atoms with Crippen molar-refractivity contribution in [1.82, 2.24) is 5.32 Å². The van der Waals surface area contributed by atoms with Gasteiger partial charge in [-0.1, -0.05) is 12.1 Å². The van der Waals surface area contributed by atoms with E-state index in [-0.39, 0.29) is 11.9 Å². The molecule has 0 radical (unpaired) electrons. The molecule has 1 saturated carbocycles. The summed E-state index contributed by atoms with van der Waals surface area (Å²) in [6.45, 7) is 0. The number of nitrogen functional groups attached to an aromatic ring is 1. The quantitative estimate of drug-likeness (QED) is 0.570. The molecule has 1 fully saturated rings. The number of nitrogens with two attached hydrogens (primary N) is 2. The molecule has 0 heterocycles. The molecule has 0 spiro atoms. The zero-order valence-corrected chi connectivity index (χ0v) is 11.0. The van der Waals surface area contributed by atoms with Gasteiger partial charge < -0.3 is 16.8 Å². The number of nitrogens with one attached hydrogen (secondary N) is 1. The van der Waals surface area contributed by atoms with Crippen LogP contribution in [0.5, 0.6) is 0 Å². The summed E-state index contributed by atoms with van der Waals surface area (Å²) in [7, 11) is 0. The Morgan fingerprint density at radius 2 is 2.00 bits per heavy atom. The van der Waals surface area contributed by atoms with Crippen molar-refractivity contribution in [2.45, 2.75) is 37.8 Å². The average Bonchev–Trinajstić information content (AvgIpc) is 2.39. The summed E-state index contributed by atoms with van der Waals surface area (Å²) >= 11 is 0. The first kappa shape index (κ1) is 13.6. The Hall–Kier alpha value is -1.81. The van der Waals surface area contributed by atoms with Gasteiger partial charge in [0.05, 0.1) is 0 Å². The van der Waals surface area contributed by atoms with Gasteiger partial charge in [0.1, 0.15) is 0 Å². The van der Waals surface area contributed by atoms with Gasteiger partial charge in [-0.2, -0.15) is 0 Å². The second-order valence-corrected chi connectivity index (χ2v) is 5.12. The largest absolute Gasteiger partial charge is 0.399 e. The molecule has 0 bridgehead atoms. The van der Waals surface area contributed by atoms with E-state index in [1.54, 1.807) is 12.2 Å². The van der Waals surface area contributed by atoms with Crippen molar-refractivity contribution < 1.29 is 4.79 Å². The molecule has 0 unspecified atom stereocenters. The van der Waals surface area contributed by atoms with Crippen LogP contribution in [-0.2, 0) is 4.79 Å². The Morgan fingerprint density at radius 3 is 2.68 bits per heavy atom. The number of anilines is 1. The van der Waals surface area contributed by atoms with Crippen LogP contribution in [-0.4, -0.2) is 18.0 Å². The molecule has 1 amide bonds. The fraction of sp³-hybridized carbons (Fsp3) is 0.400. The lowest BCUT2D eigenvalue weighted by Gasteiger charge is -2.26. The molecule has 1 aliphatic carbocycles. The van der Waals surface area contributed by atoms with Crippen molar-refractivity contribution in [3.8, 4) is 0 Å². The van der Waals surface area contributed by atoms with Gasteiger partial charge in [-0.05, 0) is 49.5 Å². The standard InChI is InChI=1S/C15H21N3O/c16-12-5-7-14(8-6-12)18-15(19)9-4-11-2-1-3-13(17)10-11/h1-4,9-10,12,14H,5-8,16-17H2,(H,18,19)/b9-4+. The third kappa shape index (κ3) is 4.41. The highest BCUT2D eigenvalue weighted by Crippen LogP contribution is 2.16. The Kier molecular flexibility index (Phi) is 4.58. The van der Waals surface area contributed by atoms with E-state index in [1.807, 2.05) is 24.3 Å². The van der Waals surface area contributed by atoms with Crippen LogP contribution in [0.1, 0.15) is 31.2 Å². The highest BCUT2D eigenvalue weighted by atomic mass is 16.1. The molecule has 0 saturated heterocycles. The van der Waals surface area contributed by atoms with E-state index in [0.717, 1.165) is 31.2 Å². The third-order valence-corrected chi connectivity index (χ3v) is 3.46. The second kappa shape index (κ2) is 6.38. The van der Waals surface area contributed by atoms with E-state index in [4.69, 9.17) is 11.5 Å². The molecule has 0 atom stereocenters. The van der Waals surface area contributed by atoms with E-state index < -0.39 is 0 Å². The number of carbonyl (C=O) groups excluding carboxylic acids is 1. The van der Waals surface area contributed by atoms with Gasteiger partial charge in [-0.3, -0.25) is 4.79 Å². The Bertz CT molecular complexity index is 462. The molecule has 4 heteroatoms. The fourth-order valence-electron chi connectivity index (χ4n) is 2.35. The van der Waals surface area contributed by atoms with Crippen molar-refractivity contribution in [1.29, 1.82) is 0 Å². The van der Waals surface area contributed by atoms with Crippen LogP contribution in [0, 0.1) is 0 Å². The molecule has 2 rings (SSSR count). The van der Waals surface area contributed by atoms with Gasteiger partial charge in [-0.15, -0.1) is 0 Å². The number of hydrogen-bond acceptors (Lipinski definition) is 3. The van der Waals surface area contributed by atoms with Crippen molar-refractivity contribution in [2.24, 2.45) is 5.73 Å². The lowest BCUT2D eigenvalue weighted by atomic mass is 9.92. The van der Waals surface area contributed by atoms with Gasteiger partial charge in [0.15, 0.2) is 0 Å². The van der Waals surface area contributed by atoms with Crippen LogP contribution < -0.4 is 16.8 Å². The predicted octanol–water partition coefficient (Wildman–Crippen LogP) is 1.67. The Morgan fingerprint density at radius 1 is 1.26 bits per heavy atom. The smallest absolute Gasteiger partial charge is 0.244 e. The molecule has 0 aliphatic heterocycles. The summed E-state index contributed by atoms with van der Waals surface area (Å²) in [6, 6.07) is 8.01. The molecular weight excluding hydrogens is 238 g/mol. The van der Waals surface area contributed by atoms with E-state index >= 15 is 0 Å². The van der Waals surface area contributed by atoms with Crippen LogP contribution in [0.15, 0.2) is 30.3 Å². The van der Waals surface area contributed by atoms with Crippen LogP contribution in [0.2, 0.25) is 0 Å². The van der Waals surface area contributed by atoms with E-state index in [2.05, 4.69) is 5.32 Å². The number of hydrogen-bond donors (Lipinski definition) is 3. The monoisotopic (exact) mass is 259 g/mol. The number of amides is 1. The number of benzene rings is 1. The second-order valence-electron chi connectivity index (χ2n) is 5.12. The third-order valence-electron chi connectivity index (χ3n) is 3.46. The van der Waals surface area contributed by atoms with Crippen molar-refractivity contribution in [3.05, 3.63) is 35.9 Å². The molecular formula is C15H21N3O. The molecule has 0 aromatic heterocycles. The minimum atomic E-state index is -0.0529. The average molecular weight is 259 g/mol. The minimum absolute atomic E-state index is 0.0529. The fourth-order valence-corrected chi connectivity index (χ4v) is 2.35. The summed E-state index contributed by atoms with van der Waals surface area (Å²) in [5.41, 5.74) is 13.1. The molecule has 5 N–H and O–H groups in total. The lowest BCUT2D eigenvalue weighted by Crippen LogP contribution is -2.39. The van der Waals surface area contributed by atoms with E-state index in [0.29, 0.717) is 11.7 Å². The van der Waals surface area contributed by atoms with E-state index in [1.165, 1.54) is 0 Å². The van der Waals surface area contributed by atoms with E-state index in [9.17, 15) is 4.79 Å². The molecule has 102 valence electrons. The predicted molar refractivity (Wildman–Crippen MR) is 78.3 cm³/mol. The zero-order chi connectivity index (χ0) is 13.7. The van der Waals surface area contributed by atoms with Gasteiger partial charge >= 0.3 is 0 Å². The Labute approximate surface area is 113 Å². The first-order chi connectivity index (χ1) is 9.13. The molecule has 1 aromatic carbocycles. The first-order valence-corrected chi connectivity index (χ1v) is 6.73. The maximum atomic E-state index is 11.8. The van der Waals surface area contributed by atoms with Crippen LogP contribution in [0.3, 0.4) is 0 Å². The van der Waals surface area contributed by atoms with Crippen LogP contribution in [0.25, 0.3) is 6.08 Å². The van der Waals surface area contributed by atoms with Gasteiger partial charge in [0.25, 0.3) is 0 Å². The van der Waals surface area contributed by atoms with Crippen molar-refractivity contribution >= 4 is 17.7 Å². The minimum Gasteiger partial charge on any atom is -0.399 e. The molecule has 19 heavy (non-hydrogen) atoms. The maximum Gasteiger partial charge on any atom is 0.244 e. The van der Waals surface area contributed by atoms with Gasteiger partial charge in [-0.25, -0.2) is 0 Å². The topological polar surface area (TPSA) is 81.1 Å². The summed E-state index contributed by atoms with van der Waals surface area (Å²) < 4.78 is 0. The Balaban J connectivity index is 1.84. The molecule has 1 aromatic rings. The lowest BCUT2D eigenvalue weighted by molar-refractivity contribution is -0.117. The van der Waals surface area contributed by atoms with Crippen LogP contribution >= 0.6 is 0 Å². The summed E-state index contributed by atoms with van der Waals surface area (Å²) in [4.78, 5) is 11.8. The first-order valence-electron chi connectivity index (χ1n) is 6.73. The summed E-state index contributed by atoms with van der Waals surface area (Å²) in [5, 5.41) is 3.01.